The van der Waals surface area contributed by atoms with Gasteiger partial charge in [0.15, 0.2) is 11.0 Å². The van der Waals surface area contributed by atoms with E-state index in [-0.39, 0.29) is 0 Å². The lowest BCUT2D eigenvalue weighted by Crippen LogP contribution is -2.48. The first-order valence-corrected chi connectivity index (χ1v) is 15.0. The fourth-order valence-corrected chi connectivity index (χ4v) is 5.77. The average molecular weight is 541 g/mol. The minimum absolute atomic E-state index is 0.756. The number of benzene rings is 1. The molecule has 0 radical (unpaired) electrons. The zero-order valence-corrected chi connectivity index (χ0v) is 24.4. The molecule has 37 heavy (non-hydrogen) atoms. The minimum Gasteiger partial charge on any atom is -0.354 e. The van der Waals surface area contributed by atoms with E-state index in [0.29, 0.717) is 0 Å². The Balaban J connectivity index is 1.58. The summed E-state index contributed by atoms with van der Waals surface area (Å²) in [7, 11) is 4.27. The van der Waals surface area contributed by atoms with Gasteiger partial charge in [0.1, 0.15) is 11.6 Å². The van der Waals surface area contributed by atoms with Gasteiger partial charge in [-0.1, -0.05) is 13.8 Å². The van der Waals surface area contributed by atoms with Crippen molar-refractivity contribution in [2.24, 2.45) is 0 Å². The maximum Gasteiger partial charge on any atom is 0.196 e. The number of aryl methyl sites for hydroxylation is 1. The van der Waals surface area contributed by atoms with E-state index in [1.807, 2.05) is 24.8 Å². The highest BCUT2D eigenvalue weighted by Crippen LogP contribution is 2.34. The number of rotatable bonds is 12. The van der Waals surface area contributed by atoms with E-state index in [9.17, 15) is 0 Å². The van der Waals surface area contributed by atoms with Crippen LogP contribution in [0.2, 0.25) is 0 Å². The summed E-state index contributed by atoms with van der Waals surface area (Å²) in [5, 5.41) is 11.6. The van der Waals surface area contributed by atoms with Gasteiger partial charge in [-0.2, -0.15) is 5.10 Å². The van der Waals surface area contributed by atoms with Crippen LogP contribution in [0, 0.1) is 6.92 Å². The van der Waals surface area contributed by atoms with Crippen LogP contribution in [0.1, 0.15) is 31.5 Å². The van der Waals surface area contributed by atoms with E-state index < -0.39 is 0 Å². The molecular formula is C27H40N8S2. The smallest absolute Gasteiger partial charge is 0.196 e. The Morgan fingerprint density at radius 1 is 1.03 bits per heavy atom. The fraction of sp³-hybridized carbons (Fsp3) is 0.519. The molecule has 1 aliphatic heterocycles. The highest BCUT2D eigenvalue weighted by atomic mass is 32.2. The lowest BCUT2D eigenvalue weighted by atomic mass is 10.2. The minimum atomic E-state index is 0.756. The normalized spacial score (nSPS) is 14.5. The summed E-state index contributed by atoms with van der Waals surface area (Å²) in [6.07, 6.45) is 2.02. The van der Waals surface area contributed by atoms with Crippen molar-refractivity contribution in [2.75, 3.05) is 69.3 Å². The number of piperazine rings is 1. The van der Waals surface area contributed by atoms with Crippen molar-refractivity contribution in [3.63, 3.8) is 0 Å². The largest absolute Gasteiger partial charge is 0.354 e. The SMILES string of the molecule is CCCSc1ccc(Sc2nc(Nc3cc(C)[nH]n3)c(CC)c(N3CCN(CCN(C)C)CC3)n2)cc1. The van der Waals surface area contributed by atoms with Gasteiger partial charge in [0.05, 0.1) is 0 Å². The molecule has 0 atom stereocenters. The number of nitrogens with zero attached hydrogens (tertiary/aromatic N) is 6. The van der Waals surface area contributed by atoms with E-state index in [4.69, 9.17) is 9.97 Å². The molecule has 200 valence electrons. The molecule has 0 unspecified atom stereocenters. The number of likely N-dealkylation sites (N-methyl/N-ethyl adjacent to an activating group) is 1. The van der Waals surface area contributed by atoms with E-state index in [1.165, 1.54) is 11.3 Å². The Morgan fingerprint density at radius 2 is 1.76 bits per heavy atom. The first kappa shape index (κ1) is 27.8. The van der Waals surface area contributed by atoms with Crippen LogP contribution < -0.4 is 10.2 Å². The molecule has 2 aromatic heterocycles. The molecule has 0 bridgehead atoms. The van der Waals surface area contributed by atoms with Crippen molar-refractivity contribution in [3.05, 3.63) is 41.6 Å². The highest BCUT2D eigenvalue weighted by molar-refractivity contribution is 7.99. The van der Waals surface area contributed by atoms with E-state index in [0.717, 1.165) is 90.2 Å². The Morgan fingerprint density at radius 3 is 2.38 bits per heavy atom. The predicted molar refractivity (Wildman–Crippen MR) is 157 cm³/mol. The van der Waals surface area contributed by atoms with Crippen LogP contribution in [0.4, 0.5) is 17.5 Å². The quantitative estimate of drug-likeness (QED) is 0.240. The maximum absolute atomic E-state index is 5.12. The van der Waals surface area contributed by atoms with Crippen molar-refractivity contribution in [1.82, 2.24) is 30.0 Å². The predicted octanol–water partition coefficient (Wildman–Crippen LogP) is 5.15. The van der Waals surface area contributed by atoms with Gasteiger partial charge in [0, 0.05) is 66.4 Å². The molecule has 0 aliphatic carbocycles. The third-order valence-corrected chi connectivity index (χ3v) is 8.40. The van der Waals surface area contributed by atoms with Crippen LogP contribution in [-0.4, -0.2) is 89.1 Å². The molecule has 4 rings (SSSR count). The molecule has 10 heteroatoms. The summed E-state index contributed by atoms with van der Waals surface area (Å²) < 4.78 is 0. The van der Waals surface area contributed by atoms with Crippen molar-refractivity contribution >= 4 is 41.0 Å². The number of hydrogen-bond acceptors (Lipinski definition) is 9. The lowest BCUT2D eigenvalue weighted by molar-refractivity contribution is 0.229. The van der Waals surface area contributed by atoms with Gasteiger partial charge in [-0.15, -0.1) is 11.8 Å². The third kappa shape index (κ3) is 7.86. The number of aromatic nitrogens is 4. The van der Waals surface area contributed by atoms with Gasteiger partial charge in [0.25, 0.3) is 0 Å². The van der Waals surface area contributed by atoms with Gasteiger partial charge >= 0.3 is 0 Å². The molecular weight excluding hydrogens is 500 g/mol. The second-order valence-corrected chi connectivity index (χ2v) is 11.8. The molecule has 1 saturated heterocycles. The van der Waals surface area contributed by atoms with Gasteiger partial charge in [-0.25, -0.2) is 9.97 Å². The molecule has 1 aliphatic rings. The molecule has 3 heterocycles. The zero-order valence-electron chi connectivity index (χ0n) is 22.8. The van der Waals surface area contributed by atoms with Crippen molar-refractivity contribution < 1.29 is 0 Å². The van der Waals surface area contributed by atoms with Crippen LogP contribution in [0.15, 0.2) is 45.3 Å². The first-order valence-electron chi connectivity index (χ1n) is 13.2. The summed E-state index contributed by atoms with van der Waals surface area (Å²) >= 11 is 3.52. The van der Waals surface area contributed by atoms with E-state index >= 15 is 0 Å². The first-order chi connectivity index (χ1) is 17.9. The van der Waals surface area contributed by atoms with Gasteiger partial charge in [0.2, 0.25) is 0 Å². The Bertz CT molecular complexity index is 1120. The topological polar surface area (TPSA) is 76.2 Å². The molecule has 1 aromatic carbocycles. The Labute approximate surface area is 230 Å². The molecule has 2 N–H and O–H groups in total. The molecule has 1 fully saturated rings. The summed E-state index contributed by atoms with van der Waals surface area (Å²) in [6, 6.07) is 10.7. The van der Waals surface area contributed by atoms with Crippen LogP contribution in [-0.2, 0) is 6.42 Å². The Hall–Kier alpha value is -2.27. The van der Waals surface area contributed by atoms with Crippen LogP contribution in [0.25, 0.3) is 0 Å². The average Bonchev–Trinajstić information content (AvgIpc) is 3.31. The van der Waals surface area contributed by atoms with Crippen molar-refractivity contribution in [3.8, 4) is 0 Å². The maximum atomic E-state index is 5.12. The van der Waals surface area contributed by atoms with Gasteiger partial charge in [-0.3, -0.25) is 10.00 Å². The molecule has 3 aromatic rings. The van der Waals surface area contributed by atoms with E-state index in [1.54, 1.807) is 11.8 Å². The summed E-state index contributed by atoms with van der Waals surface area (Å²) in [6.45, 7) is 12.6. The molecule has 0 amide bonds. The van der Waals surface area contributed by atoms with Crippen LogP contribution in [0.3, 0.4) is 0 Å². The highest BCUT2D eigenvalue weighted by Gasteiger charge is 2.24. The third-order valence-electron chi connectivity index (χ3n) is 6.31. The van der Waals surface area contributed by atoms with E-state index in [2.05, 4.69) is 82.4 Å². The van der Waals surface area contributed by atoms with Crippen LogP contribution in [0.5, 0.6) is 0 Å². The summed E-state index contributed by atoms with van der Waals surface area (Å²) in [4.78, 5) is 19.8. The molecule has 0 saturated carbocycles. The number of aromatic amines is 1. The van der Waals surface area contributed by atoms with Gasteiger partial charge < -0.3 is 15.1 Å². The van der Waals surface area contributed by atoms with Gasteiger partial charge in [-0.05, 0) is 75.6 Å². The zero-order chi connectivity index (χ0) is 26.2. The summed E-state index contributed by atoms with van der Waals surface area (Å²) in [5.41, 5.74) is 2.15. The Kier molecular flexibility index (Phi) is 10.1. The number of thioether (sulfide) groups is 1. The number of H-pyrrole nitrogens is 1. The fourth-order valence-electron chi connectivity index (χ4n) is 4.25. The monoisotopic (exact) mass is 540 g/mol. The molecule has 0 spiro atoms. The summed E-state index contributed by atoms with van der Waals surface area (Å²) in [5.74, 6) is 3.80. The van der Waals surface area contributed by atoms with Crippen LogP contribution >= 0.6 is 23.5 Å². The second kappa shape index (κ2) is 13.5. The van der Waals surface area contributed by atoms with Crippen molar-refractivity contribution in [2.45, 2.75) is 48.6 Å². The lowest BCUT2D eigenvalue weighted by Gasteiger charge is -2.37. The number of anilines is 3. The number of hydrogen-bond donors (Lipinski definition) is 2. The number of nitrogens with one attached hydrogen (secondary N) is 2. The second-order valence-electron chi connectivity index (χ2n) is 9.63. The van der Waals surface area contributed by atoms with Crippen molar-refractivity contribution in [1.29, 1.82) is 0 Å². The standard InChI is InChI=1S/C27H40N8S2/c1-6-18-36-21-8-10-22(11-9-21)37-27-29-25(28-24-19-20(3)31-32-24)23(7-2)26(30-27)35-16-14-34(15-17-35)13-12-33(4)5/h8-11,19H,6-7,12-18H2,1-5H3,(H2,28,29,30,31,32). The molecule has 8 nitrogen and oxygen atoms in total.